The van der Waals surface area contributed by atoms with Gasteiger partial charge in [0.1, 0.15) is 23.2 Å². The van der Waals surface area contributed by atoms with Crippen molar-refractivity contribution in [1.29, 1.82) is 5.26 Å². The van der Waals surface area contributed by atoms with Gasteiger partial charge in [0.25, 0.3) is 0 Å². The number of hydrogen-bond donors (Lipinski definition) is 1. The van der Waals surface area contributed by atoms with E-state index in [4.69, 9.17) is 5.26 Å². The number of fused-ring (bicyclic) bond motifs is 1. The minimum Gasteiger partial charge on any atom is -0.373 e. The zero-order valence-corrected chi connectivity index (χ0v) is 10.2. The van der Waals surface area contributed by atoms with Crippen LogP contribution in [-0.2, 0) is 0 Å². The van der Waals surface area contributed by atoms with E-state index in [0.717, 1.165) is 17.2 Å². The van der Waals surface area contributed by atoms with E-state index < -0.39 is 0 Å². The van der Waals surface area contributed by atoms with Crippen molar-refractivity contribution in [2.45, 2.75) is 0 Å². The highest BCUT2D eigenvalue weighted by Crippen LogP contribution is 2.18. The summed E-state index contributed by atoms with van der Waals surface area (Å²) in [5.74, 6) is 1.30. The number of nitrogens with zero attached hydrogens (tertiary/aromatic N) is 5. The zero-order valence-electron chi connectivity index (χ0n) is 10.2. The minimum absolute atomic E-state index is 0.564. The Morgan fingerprint density at radius 1 is 1.26 bits per heavy atom. The Kier molecular flexibility index (Phi) is 2.58. The van der Waals surface area contributed by atoms with Gasteiger partial charge in [0.15, 0.2) is 5.82 Å². The Morgan fingerprint density at radius 3 is 2.95 bits per heavy atom. The van der Waals surface area contributed by atoms with Gasteiger partial charge in [0.2, 0.25) is 0 Å². The van der Waals surface area contributed by atoms with Gasteiger partial charge in [0.05, 0.1) is 11.8 Å². The fourth-order valence-electron chi connectivity index (χ4n) is 1.83. The van der Waals surface area contributed by atoms with Crippen molar-refractivity contribution in [2.24, 2.45) is 0 Å². The van der Waals surface area contributed by atoms with Crippen LogP contribution in [0.25, 0.3) is 17.2 Å². The Bertz CT molecular complexity index is 783. The number of hydrogen-bond acceptors (Lipinski definition) is 5. The summed E-state index contributed by atoms with van der Waals surface area (Å²) >= 11 is 0. The van der Waals surface area contributed by atoms with Crippen LogP contribution in [-0.4, -0.2) is 26.4 Å². The minimum atomic E-state index is 0.564. The van der Waals surface area contributed by atoms with Crippen LogP contribution < -0.4 is 5.32 Å². The largest absolute Gasteiger partial charge is 0.373 e. The monoisotopic (exact) mass is 250 g/mol. The number of nitrogens with one attached hydrogen (secondary N) is 1. The van der Waals surface area contributed by atoms with Crippen LogP contribution in [0.15, 0.2) is 36.8 Å². The maximum atomic E-state index is 8.95. The normalized spacial score (nSPS) is 10.3. The van der Waals surface area contributed by atoms with Crippen LogP contribution >= 0.6 is 0 Å². The fraction of sp³-hybridized carbons (Fsp3) is 0.0769. The molecule has 6 heteroatoms. The summed E-state index contributed by atoms with van der Waals surface area (Å²) in [6.45, 7) is 0. The van der Waals surface area contributed by atoms with Crippen LogP contribution in [0.3, 0.4) is 0 Å². The molecule has 0 saturated carbocycles. The molecule has 0 aliphatic heterocycles. The molecule has 3 heterocycles. The first-order valence-electron chi connectivity index (χ1n) is 5.70. The SMILES string of the molecule is CNc1ccnc(-c2cnc3ccc(C#N)cn23)n1. The number of aromatic nitrogens is 4. The Hall–Kier alpha value is -2.94. The number of pyridine rings is 1. The van der Waals surface area contributed by atoms with E-state index in [1.54, 1.807) is 43.8 Å². The summed E-state index contributed by atoms with van der Waals surface area (Å²) in [7, 11) is 1.80. The molecule has 3 rings (SSSR count). The lowest BCUT2D eigenvalue weighted by molar-refractivity contribution is 1.10. The Labute approximate surface area is 109 Å². The van der Waals surface area contributed by atoms with Gasteiger partial charge in [-0.05, 0) is 18.2 Å². The summed E-state index contributed by atoms with van der Waals surface area (Å²) in [5, 5.41) is 11.9. The lowest BCUT2D eigenvalue weighted by atomic mass is 10.3. The van der Waals surface area contributed by atoms with E-state index >= 15 is 0 Å². The average molecular weight is 250 g/mol. The van der Waals surface area contributed by atoms with E-state index in [2.05, 4.69) is 26.3 Å². The number of nitriles is 1. The van der Waals surface area contributed by atoms with Gasteiger partial charge in [-0.15, -0.1) is 0 Å². The summed E-state index contributed by atoms with van der Waals surface area (Å²) in [6, 6.07) is 7.42. The number of rotatable bonds is 2. The summed E-state index contributed by atoms with van der Waals surface area (Å²) in [4.78, 5) is 12.9. The zero-order chi connectivity index (χ0) is 13.2. The molecular formula is C13H10N6. The van der Waals surface area contributed by atoms with Gasteiger partial charge >= 0.3 is 0 Å². The lowest BCUT2D eigenvalue weighted by Crippen LogP contribution is -1.98. The van der Waals surface area contributed by atoms with Gasteiger partial charge in [-0.1, -0.05) is 0 Å². The third kappa shape index (κ3) is 1.87. The molecule has 0 fully saturated rings. The molecule has 0 bridgehead atoms. The van der Waals surface area contributed by atoms with E-state index in [0.29, 0.717) is 11.4 Å². The predicted octanol–water partition coefficient (Wildman–Crippen LogP) is 1.70. The molecule has 3 aromatic heterocycles. The first kappa shape index (κ1) is 11.2. The molecule has 92 valence electrons. The molecule has 0 spiro atoms. The molecule has 0 amide bonds. The molecular weight excluding hydrogens is 240 g/mol. The fourth-order valence-corrected chi connectivity index (χ4v) is 1.83. The van der Waals surface area contributed by atoms with E-state index in [-0.39, 0.29) is 0 Å². The van der Waals surface area contributed by atoms with E-state index in [1.165, 1.54) is 0 Å². The first-order valence-corrected chi connectivity index (χ1v) is 5.70. The third-order valence-corrected chi connectivity index (χ3v) is 2.78. The van der Waals surface area contributed by atoms with Crippen molar-refractivity contribution in [3.63, 3.8) is 0 Å². The molecule has 0 aliphatic carbocycles. The van der Waals surface area contributed by atoms with Crippen LogP contribution in [0.5, 0.6) is 0 Å². The maximum absolute atomic E-state index is 8.95. The summed E-state index contributed by atoms with van der Waals surface area (Å²) in [5.41, 5.74) is 2.08. The molecule has 19 heavy (non-hydrogen) atoms. The molecule has 0 atom stereocenters. The number of imidazole rings is 1. The van der Waals surface area contributed by atoms with Gasteiger partial charge in [-0.2, -0.15) is 5.26 Å². The summed E-state index contributed by atoms with van der Waals surface area (Å²) in [6.07, 6.45) is 5.11. The van der Waals surface area contributed by atoms with Crippen molar-refractivity contribution in [3.05, 3.63) is 42.4 Å². The molecule has 1 N–H and O–H groups in total. The van der Waals surface area contributed by atoms with Crippen molar-refractivity contribution in [2.75, 3.05) is 12.4 Å². The average Bonchev–Trinajstić information content (AvgIpc) is 2.90. The van der Waals surface area contributed by atoms with Crippen LogP contribution in [0, 0.1) is 11.3 Å². The Morgan fingerprint density at radius 2 is 2.16 bits per heavy atom. The second kappa shape index (κ2) is 4.38. The van der Waals surface area contributed by atoms with Crippen molar-refractivity contribution < 1.29 is 0 Å². The molecule has 0 saturated heterocycles. The topological polar surface area (TPSA) is 78.9 Å². The highest BCUT2D eigenvalue weighted by molar-refractivity contribution is 5.59. The van der Waals surface area contributed by atoms with E-state index in [1.807, 2.05) is 4.40 Å². The van der Waals surface area contributed by atoms with Crippen LogP contribution in [0.1, 0.15) is 5.56 Å². The molecule has 0 unspecified atom stereocenters. The molecule has 6 nitrogen and oxygen atoms in total. The van der Waals surface area contributed by atoms with Crippen molar-refractivity contribution in [1.82, 2.24) is 19.4 Å². The van der Waals surface area contributed by atoms with Crippen LogP contribution in [0.4, 0.5) is 5.82 Å². The Balaban J connectivity index is 2.21. The molecule has 3 aromatic rings. The van der Waals surface area contributed by atoms with E-state index in [9.17, 15) is 0 Å². The van der Waals surface area contributed by atoms with Crippen LogP contribution in [0.2, 0.25) is 0 Å². The van der Waals surface area contributed by atoms with Gasteiger partial charge in [-0.3, -0.25) is 4.40 Å². The first-order chi connectivity index (χ1) is 9.31. The second-order valence-corrected chi connectivity index (χ2v) is 3.92. The smallest absolute Gasteiger partial charge is 0.180 e. The predicted molar refractivity (Wildman–Crippen MR) is 70.5 cm³/mol. The second-order valence-electron chi connectivity index (χ2n) is 3.92. The molecule has 0 aliphatic rings. The van der Waals surface area contributed by atoms with Gasteiger partial charge in [0, 0.05) is 19.4 Å². The third-order valence-electron chi connectivity index (χ3n) is 2.78. The summed E-state index contributed by atoms with van der Waals surface area (Å²) < 4.78 is 1.81. The standard InChI is InChI=1S/C13H10N6/c1-15-11-4-5-16-13(18-11)10-7-17-12-3-2-9(6-14)8-19(10)12/h2-5,7-8H,1H3,(H,15,16,18). The van der Waals surface area contributed by atoms with Crippen molar-refractivity contribution in [3.8, 4) is 17.6 Å². The lowest BCUT2D eigenvalue weighted by Gasteiger charge is -2.03. The molecule has 0 radical (unpaired) electrons. The molecule has 0 aromatic carbocycles. The van der Waals surface area contributed by atoms with Gasteiger partial charge in [-0.25, -0.2) is 15.0 Å². The van der Waals surface area contributed by atoms with Gasteiger partial charge < -0.3 is 5.32 Å². The van der Waals surface area contributed by atoms with Crippen molar-refractivity contribution >= 4 is 11.5 Å². The quantitative estimate of drug-likeness (QED) is 0.749. The number of anilines is 1. The maximum Gasteiger partial charge on any atom is 0.180 e. The highest BCUT2D eigenvalue weighted by atomic mass is 15.1. The highest BCUT2D eigenvalue weighted by Gasteiger charge is 2.09.